The molecule has 1 aliphatic carbocycles. The topological polar surface area (TPSA) is 94.7 Å². The first-order valence-corrected chi connectivity index (χ1v) is 14.9. The van der Waals surface area contributed by atoms with Crippen molar-refractivity contribution in [1.29, 1.82) is 0 Å². The van der Waals surface area contributed by atoms with Gasteiger partial charge in [0.2, 0.25) is 0 Å². The van der Waals surface area contributed by atoms with Gasteiger partial charge in [0.05, 0.1) is 24.1 Å². The van der Waals surface area contributed by atoms with Crippen molar-refractivity contribution < 1.29 is 8.78 Å². The van der Waals surface area contributed by atoms with Gasteiger partial charge in [0, 0.05) is 68.3 Å². The molecule has 0 radical (unpaired) electrons. The normalized spacial score (nSPS) is 21.8. The number of nitrogens with one attached hydrogen (secondary N) is 2. The van der Waals surface area contributed by atoms with Gasteiger partial charge in [-0.1, -0.05) is 15.8 Å². The van der Waals surface area contributed by atoms with E-state index in [0.29, 0.717) is 36.4 Å². The van der Waals surface area contributed by atoms with Crippen molar-refractivity contribution in [2.45, 2.75) is 62.7 Å². The minimum absolute atomic E-state index is 0.175. The first-order chi connectivity index (χ1) is 19.2. The van der Waals surface area contributed by atoms with E-state index in [9.17, 15) is 8.78 Å². The molecule has 11 heteroatoms. The molecular formula is C29H41F2N8P. The molecule has 4 heterocycles. The van der Waals surface area contributed by atoms with Gasteiger partial charge in [-0.15, -0.1) is 0 Å². The molecule has 216 valence electrons. The number of piperidine rings is 1. The molecule has 0 bridgehead atoms. The average Bonchev–Trinajstić information content (AvgIpc) is 3.77. The van der Waals surface area contributed by atoms with Crippen molar-refractivity contribution in [1.82, 2.24) is 25.1 Å². The smallest absolute Gasteiger partial charge is 0.271 e. The predicted molar refractivity (Wildman–Crippen MR) is 162 cm³/mol. The Labute approximate surface area is 238 Å². The summed E-state index contributed by atoms with van der Waals surface area (Å²) >= 11 is 0. The highest BCUT2D eigenvalue weighted by atomic mass is 31.0. The number of rotatable bonds is 8. The van der Waals surface area contributed by atoms with Gasteiger partial charge >= 0.3 is 0 Å². The molecule has 40 heavy (non-hydrogen) atoms. The highest BCUT2D eigenvalue weighted by Gasteiger charge is 2.32. The van der Waals surface area contributed by atoms with E-state index in [1.807, 2.05) is 23.2 Å². The Kier molecular flexibility index (Phi) is 8.98. The lowest BCUT2D eigenvalue weighted by Crippen LogP contribution is -2.43. The maximum atomic E-state index is 13.4. The SMILES string of the molecule is C=C(N=C(c1c(N)cncc1C1CC1)N1CCNC(C)CC1)c1ccnc(NC2CCN(CC(F)(F)P)CC2)c1. The van der Waals surface area contributed by atoms with E-state index in [0.717, 1.165) is 74.5 Å². The van der Waals surface area contributed by atoms with Crippen LogP contribution in [0.25, 0.3) is 5.70 Å². The second-order valence-corrected chi connectivity index (χ2v) is 12.2. The Morgan fingerprint density at radius 1 is 1.20 bits per heavy atom. The van der Waals surface area contributed by atoms with Crippen molar-refractivity contribution in [3.05, 3.63) is 54.0 Å². The molecule has 2 aliphatic heterocycles. The van der Waals surface area contributed by atoms with E-state index in [4.69, 9.17) is 10.7 Å². The Balaban J connectivity index is 1.36. The van der Waals surface area contributed by atoms with E-state index >= 15 is 0 Å². The molecule has 3 aliphatic rings. The molecule has 4 N–H and O–H groups in total. The molecular weight excluding hydrogens is 529 g/mol. The third kappa shape index (κ3) is 7.53. The Hall–Kier alpha value is -2.68. The zero-order valence-corrected chi connectivity index (χ0v) is 24.4. The highest BCUT2D eigenvalue weighted by Crippen LogP contribution is 2.43. The zero-order valence-electron chi connectivity index (χ0n) is 23.3. The fraction of sp³-hybridized carbons (Fsp3) is 0.552. The number of aliphatic imine (C=N–C) groups is 1. The number of likely N-dealkylation sites (tertiary alicyclic amines) is 1. The maximum absolute atomic E-state index is 13.4. The molecule has 2 unspecified atom stereocenters. The first kappa shape index (κ1) is 28.8. The standard InChI is InChI=1S/C29H41F2N8P/c1-19-6-13-39(14-10-34-19)28(27-24(21-3-4-21)16-33-17-25(27)32)36-20(2)22-5-9-35-26(15-22)37-23-7-11-38(12-8-23)18-29(30,31)40/h5,9,15-17,19,21,23,34H,2-4,6-8,10-14,18,32,40H2,1H3,(H,35,37). The fourth-order valence-electron chi connectivity index (χ4n) is 5.59. The molecule has 2 aromatic rings. The summed E-state index contributed by atoms with van der Waals surface area (Å²) in [6.07, 6.45) is 10.3. The van der Waals surface area contributed by atoms with Crippen LogP contribution in [0.2, 0.25) is 0 Å². The van der Waals surface area contributed by atoms with Gasteiger partial charge in [0.25, 0.3) is 5.66 Å². The summed E-state index contributed by atoms with van der Waals surface area (Å²) in [6.45, 7) is 10.2. The van der Waals surface area contributed by atoms with Gasteiger partial charge in [0.15, 0.2) is 0 Å². The molecule has 2 atom stereocenters. The fourth-order valence-corrected chi connectivity index (χ4v) is 5.84. The predicted octanol–water partition coefficient (Wildman–Crippen LogP) is 4.38. The largest absolute Gasteiger partial charge is 0.397 e. The molecule has 8 nitrogen and oxygen atoms in total. The number of anilines is 2. The second kappa shape index (κ2) is 12.5. The summed E-state index contributed by atoms with van der Waals surface area (Å²) in [6, 6.07) is 4.50. The molecule has 2 saturated heterocycles. The average molecular weight is 571 g/mol. The van der Waals surface area contributed by atoms with Gasteiger partial charge in [-0.2, -0.15) is 0 Å². The quantitative estimate of drug-likeness (QED) is 0.246. The van der Waals surface area contributed by atoms with Crippen LogP contribution in [0.4, 0.5) is 20.3 Å². The van der Waals surface area contributed by atoms with Gasteiger partial charge in [-0.25, -0.2) is 18.8 Å². The van der Waals surface area contributed by atoms with Crippen molar-refractivity contribution in [3.63, 3.8) is 0 Å². The molecule has 1 saturated carbocycles. The van der Waals surface area contributed by atoms with E-state index in [1.54, 1.807) is 21.6 Å². The summed E-state index contributed by atoms with van der Waals surface area (Å²) in [4.78, 5) is 18.2. The van der Waals surface area contributed by atoms with Crippen LogP contribution in [0.15, 0.2) is 42.3 Å². The minimum Gasteiger partial charge on any atom is -0.397 e. The Morgan fingerprint density at radius 2 is 1.98 bits per heavy atom. The van der Waals surface area contributed by atoms with Crippen LogP contribution < -0.4 is 16.4 Å². The summed E-state index contributed by atoms with van der Waals surface area (Å²) in [5.74, 6) is 2.06. The van der Waals surface area contributed by atoms with Crippen molar-refractivity contribution in [2.24, 2.45) is 4.99 Å². The van der Waals surface area contributed by atoms with E-state index in [-0.39, 0.29) is 12.6 Å². The van der Waals surface area contributed by atoms with Crippen LogP contribution in [0.3, 0.4) is 0 Å². The van der Waals surface area contributed by atoms with Gasteiger partial charge in [-0.3, -0.25) is 9.88 Å². The lowest BCUT2D eigenvalue weighted by atomic mass is 10.0. The van der Waals surface area contributed by atoms with Crippen molar-refractivity contribution in [2.75, 3.05) is 50.3 Å². The molecule has 0 amide bonds. The maximum Gasteiger partial charge on any atom is 0.271 e. The Morgan fingerprint density at radius 3 is 2.70 bits per heavy atom. The number of hydrogen-bond acceptors (Lipinski definition) is 7. The minimum atomic E-state index is -2.75. The first-order valence-electron chi connectivity index (χ1n) is 14.3. The van der Waals surface area contributed by atoms with Crippen LogP contribution in [-0.4, -0.2) is 82.6 Å². The molecule has 0 aromatic carbocycles. The van der Waals surface area contributed by atoms with Gasteiger partial charge < -0.3 is 21.3 Å². The Bertz CT molecular complexity index is 1220. The number of halogens is 2. The summed E-state index contributed by atoms with van der Waals surface area (Å²) < 4.78 is 26.7. The number of hydrogen-bond donors (Lipinski definition) is 3. The molecule has 3 fully saturated rings. The van der Waals surface area contributed by atoms with Crippen molar-refractivity contribution >= 4 is 32.3 Å². The van der Waals surface area contributed by atoms with Crippen LogP contribution in [-0.2, 0) is 0 Å². The third-order valence-corrected chi connectivity index (χ3v) is 8.14. The van der Waals surface area contributed by atoms with E-state index in [1.165, 1.54) is 5.56 Å². The number of nitrogens with zero attached hydrogens (tertiary/aromatic N) is 5. The number of pyridine rings is 2. The molecule has 5 rings (SSSR count). The molecule has 0 spiro atoms. The van der Waals surface area contributed by atoms with Crippen LogP contribution in [0.5, 0.6) is 0 Å². The third-order valence-electron chi connectivity index (χ3n) is 7.96. The summed E-state index contributed by atoms with van der Waals surface area (Å²) in [7, 11) is 1.63. The number of amidine groups is 1. The van der Waals surface area contributed by atoms with Crippen LogP contribution >= 0.6 is 9.24 Å². The van der Waals surface area contributed by atoms with Crippen LogP contribution in [0, 0.1) is 0 Å². The second-order valence-electron chi connectivity index (χ2n) is 11.4. The summed E-state index contributed by atoms with van der Waals surface area (Å²) in [5.41, 5.74) is 8.11. The highest BCUT2D eigenvalue weighted by molar-refractivity contribution is 7.18. The number of aromatic nitrogens is 2. The van der Waals surface area contributed by atoms with Gasteiger partial charge in [-0.05, 0) is 62.6 Å². The number of alkyl halides is 2. The lowest BCUT2D eigenvalue weighted by Gasteiger charge is -2.33. The lowest BCUT2D eigenvalue weighted by molar-refractivity contribution is 0.0452. The van der Waals surface area contributed by atoms with E-state index in [2.05, 4.69) is 39.0 Å². The number of nitrogen functional groups attached to an aromatic ring is 1. The van der Waals surface area contributed by atoms with Gasteiger partial charge in [0.1, 0.15) is 11.7 Å². The zero-order chi connectivity index (χ0) is 28.3. The van der Waals surface area contributed by atoms with E-state index < -0.39 is 5.66 Å². The van der Waals surface area contributed by atoms with Crippen molar-refractivity contribution in [3.8, 4) is 0 Å². The molecule has 2 aromatic heterocycles. The summed E-state index contributed by atoms with van der Waals surface area (Å²) in [5, 5.41) is 7.07. The van der Waals surface area contributed by atoms with Crippen LogP contribution in [0.1, 0.15) is 61.6 Å². The number of nitrogens with two attached hydrogens (primary N) is 1. The monoisotopic (exact) mass is 570 g/mol.